The molecular weight excluding hydrogens is 308 g/mol. The predicted molar refractivity (Wildman–Crippen MR) is 94.0 cm³/mol. The minimum Gasteiger partial charge on any atom is -0.319 e. The molecular formula is C17H22N4OS. The largest absolute Gasteiger partial charge is 0.323 e. The van der Waals surface area contributed by atoms with E-state index in [0.717, 1.165) is 29.7 Å². The molecule has 122 valence electrons. The van der Waals surface area contributed by atoms with Crippen molar-refractivity contribution in [3.63, 3.8) is 0 Å². The third kappa shape index (κ3) is 2.81. The van der Waals surface area contributed by atoms with Crippen molar-refractivity contribution in [3.8, 4) is 0 Å². The van der Waals surface area contributed by atoms with Crippen molar-refractivity contribution in [2.24, 2.45) is 0 Å². The first-order valence-corrected chi connectivity index (χ1v) is 9.23. The number of amides is 2. The summed E-state index contributed by atoms with van der Waals surface area (Å²) in [6.07, 6.45) is 3.46. The summed E-state index contributed by atoms with van der Waals surface area (Å²) in [5.74, 6) is 0. The van der Waals surface area contributed by atoms with Gasteiger partial charge in [0, 0.05) is 25.2 Å². The van der Waals surface area contributed by atoms with Crippen LogP contribution >= 0.6 is 11.3 Å². The Balaban J connectivity index is 1.50. The van der Waals surface area contributed by atoms with Crippen LogP contribution in [0.3, 0.4) is 0 Å². The summed E-state index contributed by atoms with van der Waals surface area (Å²) in [7, 11) is 0. The van der Waals surface area contributed by atoms with Gasteiger partial charge in [0.1, 0.15) is 0 Å². The van der Waals surface area contributed by atoms with E-state index in [1.54, 1.807) is 0 Å². The number of urea groups is 1. The molecule has 0 saturated carbocycles. The van der Waals surface area contributed by atoms with E-state index in [4.69, 9.17) is 0 Å². The molecule has 0 aliphatic carbocycles. The number of anilines is 1. The number of thiazole rings is 1. The maximum Gasteiger partial charge on any atom is 0.323 e. The van der Waals surface area contributed by atoms with E-state index in [1.165, 1.54) is 30.7 Å². The van der Waals surface area contributed by atoms with Crippen LogP contribution in [-0.2, 0) is 0 Å². The van der Waals surface area contributed by atoms with Gasteiger partial charge in [-0.15, -0.1) is 0 Å². The average Bonchev–Trinajstić information content (AvgIpc) is 3.18. The Morgan fingerprint density at radius 1 is 1.39 bits per heavy atom. The Morgan fingerprint density at radius 2 is 2.26 bits per heavy atom. The smallest absolute Gasteiger partial charge is 0.319 e. The van der Waals surface area contributed by atoms with Crippen LogP contribution in [-0.4, -0.2) is 52.5 Å². The van der Waals surface area contributed by atoms with Gasteiger partial charge in [0.05, 0.1) is 10.2 Å². The Bertz CT molecular complexity index is 682. The maximum absolute atomic E-state index is 12.8. The number of nitrogens with zero attached hydrogens (tertiary/aromatic N) is 3. The third-order valence-electron chi connectivity index (χ3n) is 5.03. The van der Waals surface area contributed by atoms with E-state index >= 15 is 0 Å². The van der Waals surface area contributed by atoms with Gasteiger partial charge in [0.25, 0.3) is 0 Å². The number of carbonyl (C=O) groups is 1. The molecule has 2 aliphatic rings. The molecule has 23 heavy (non-hydrogen) atoms. The number of nitrogens with one attached hydrogen (secondary N) is 1. The van der Waals surface area contributed by atoms with Crippen molar-refractivity contribution in [2.45, 2.75) is 38.3 Å². The van der Waals surface area contributed by atoms with Crippen molar-refractivity contribution in [1.29, 1.82) is 0 Å². The maximum atomic E-state index is 12.8. The van der Waals surface area contributed by atoms with Crippen LogP contribution in [0.5, 0.6) is 0 Å². The van der Waals surface area contributed by atoms with Crippen LogP contribution in [0.2, 0.25) is 0 Å². The Kier molecular flexibility index (Phi) is 3.95. The van der Waals surface area contributed by atoms with Crippen molar-refractivity contribution >= 4 is 32.7 Å². The lowest BCUT2D eigenvalue weighted by Crippen LogP contribution is -2.58. The second-order valence-corrected chi connectivity index (χ2v) is 7.45. The SMILES string of the molecule is CC[C@@H]1CN2CCC[C@@H]2CN1C(=O)Nc1nc2ccccc2s1. The molecule has 3 heterocycles. The number of fused-ring (bicyclic) bond motifs is 2. The molecule has 5 nitrogen and oxygen atoms in total. The second kappa shape index (κ2) is 6.09. The Labute approximate surface area is 140 Å². The van der Waals surface area contributed by atoms with E-state index in [-0.39, 0.29) is 6.03 Å². The van der Waals surface area contributed by atoms with E-state index in [9.17, 15) is 4.79 Å². The zero-order chi connectivity index (χ0) is 15.8. The quantitative estimate of drug-likeness (QED) is 0.918. The number of carbonyl (C=O) groups excluding carboxylic acids is 1. The van der Waals surface area contributed by atoms with E-state index < -0.39 is 0 Å². The highest BCUT2D eigenvalue weighted by Crippen LogP contribution is 2.28. The molecule has 0 spiro atoms. The van der Waals surface area contributed by atoms with Gasteiger partial charge in [-0.05, 0) is 37.9 Å². The molecule has 2 amide bonds. The molecule has 6 heteroatoms. The predicted octanol–water partition coefficient (Wildman–Crippen LogP) is 3.39. The van der Waals surface area contributed by atoms with Gasteiger partial charge in [-0.1, -0.05) is 30.4 Å². The molecule has 0 unspecified atom stereocenters. The van der Waals surface area contributed by atoms with E-state index in [2.05, 4.69) is 22.1 Å². The number of rotatable bonds is 2. The first kappa shape index (κ1) is 14.9. The van der Waals surface area contributed by atoms with Crippen molar-refractivity contribution in [1.82, 2.24) is 14.8 Å². The van der Waals surface area contributed by atoms with Crippen LogP contribution in [0, 0.1) is 0 Å². The minimum atomic E-state index is 0.00227. The normalized spacial score (nSPS) is 24.8. The molecule has 2 atom stereocenters. The van der Waals surface area contributed by atoms with Crippen LogP contribution < -0.4 is 5.32 Å². The molecule has 2 saturated heterocycles. The highest BCUT2D eigenvalue weighted by molar-refractivity contribution is 7.22. The topological polar surface area (TPSA) is 48.5 Å². The summed E-state index contributed by atoms with van der Waals surface area (Å²) in [5.41, 5.74) is 0.945. The monoisotopic (exact) mass is 330 g/mol. The zero-order valence-corrected chi connectivity index (χ0v) is 14.2. The third-order valence-corrected chi connectivity index (χ3v) is 5.98. The number of piperazine rings is 1. The first-order chi connectivity index (χ1) is 11.2. The Morgan fingerprint density at radius 3 is 3.09 bits per heavy atom. The van der Waals surface area contributed by atoms with E-state index in [0.29, 0.717) is 17.2 Å². The summed E-state index contributed by atoms with van der Waals surface area (Å²) < 4.78 is 1.11. The number of hydrogen-bond donors (Lipinski definition) is 1. The average molecular weight is 330 g/mol. The van der Waals surface area contributed by atoms with Crippen molar-refractivity contribution in [3.05, 3.63) is 24.3 Å². The number of hydrogen-bond acceptors (Lipinski definition) is 4. The van der Waals surface area contributed by atoms with Gasteiger partial charge in [-0.25, -0.2) is 9.78 Å². The minimum absolute atomic E-state index is 0.00227. The molecule has 1 aromatic carbocycles. The molecule has 0 radical (unpaired) electrons. The summed E-state index contributed by atoms with van der Waals surface area (Å²) in [6.45, 7) is 5.21. The standard InChI is InChI=1S/C17H22N4OS/c1-2-12-10-20-9-5-6-13(20)11-21(12)17(22)19-16-18-14-7-3-4-8-15(14)23-16/h3-4,7-8,12-13H,2,5-6,9-11H2,1H3,(H,18,19,22)/t12-,13-/m1/s1. The van der Waals surface area contributed by atoms with Gasteiger partial charge in [-0.3, -0.25) is 10.2 Å². The number of benzene rings is 1. The first-order valence-electron chi connectivity index (χ1n) is 8.42. The molecule has 2 aromatic rings. The molecule has 1 aromatic heterocycles. The van der Waals surface area contributed by atoms with Crippen LogP contribution in [0.1, 0.15) is 26.2 Å². The van der Waals surface area contributed by atoms with Gasteiger partial charge in [0.2, 0.25) is 0 Å². The lowest BCUT2D eigenvalue weighted by molar-refractivity contribution is 0.0767. The second-order valence-electron chi connectivity index (χ2n) is 6.42. The summed E-state index contributed by atoms with van der Waals surface area (Å²) in [4.78, 5) is 21.9. The Hall–Kier alpha value is -1.66. The van der Waals surface area contributed by atoms with Crippen LogP contribution in [0.25, 0.3) is 10.2 Å². The van der Waals surface area contributed by atoms with Gasteiger partial charge >= 0.3 is 6.03 Å². The van der Waals surface area contributed by atoms with Gasteiger partial charge in [-0.2, -0.15) is 0 Å². The van der Waals surface area contributed by atoms with Crippen molar-refractivity contribution < 1.29 is 4.79 Å². The van der Waals surface area contributed by atoms with Gasteiger partial charge in [0.15, 0.2) is 5.13 Å². The fourth-order valence-electron chi connectivity index (χ4n) is 3.77. The van der Waals surface area contributed by atoms with Crippen molar-refractivity contribution in [2.75, 3.05) is 25.0 Å². The molecule has 2 aliphatic heterocycles. The lowest BCUT2D eigenvalue weighted by Gasteiger charge is -2.43. The highest BCUT2D eigenvalue weighted by atomic mass is 32.1. The number of aromatic nitrogens is 1. The molecule has 0 bridgehead atoms. The molecule has 4 rings (SSSR count). The number of para-hydroxylation sites is 1. The highest BCUT2D eigenvalue weighted by Gasteiger charge is 2.37. The fraction of sp³-hybridized carbons (Fsp3) is 0.529. The summed E-state index contributed by atoms with van der Waals surface area (Å²) >= 11 is 1.54. The molecule has 1 N–H and O–H groups in total. The summed E-state index contributed by atoms with van der Waals surface area (Å²) in [6, 6.07) is 8.83. The molecule has 2 fully saturated rings. The summed E-state index contributed by atoms with van der Waals surface area (Å²) in [5, 5.41) is 3.72. The van der Waals surface area contributed by atoms with Crippen LogP contribution in [0.15, 0.2) is 24.3 Å². The zero-order valence-electron chi connectivity index (χ0n) is 13.4. The fourth-order valence-corrected chi connectivity index (χ4v) is 4.63. The van der Waals surface area contributed by atoms with Crippen LogP contribution in [0.4, 0.5) is 9.93 Å². The van der Waals surface area contributed by atoms with Gasteiger partial charge < -0.3 is 4.90 Å². The van der Waals surface area contributed by atoms with E-state index in [1.807, 2.05) is 29.2 Å². The lowest BCUT2D eigenvalue weighted by atomic mass is 10.1.